The Bertz CT molecular complexity index is 968. The predicted octanol–water partition coefficient (Wildman–Crippen LogP) is 3.02. The molecule has 1 amide bonds. The van der Waals surface area contributed by atoms with Gasteiger partial charge in [0.15, 0.2) is 0 Å². The monoisotopic (exact) mass is 421 g/mol. The normalized spacial score (nSPS) is 17.9. The molecule has 0 unspecified atom stereocenters. The third-order valence-electron chi connectivity index (χ3n) is 5.06. The van der Waals surface area contributed by atoms with Crippen LogP contribution >= 0.6 is 0 Å². The van der Waals surface area contributed by atoms with E-state index in [2.05, 4.69) is 11.6 Å². The van der Waals surface area contributed by atoms with Gasteiger partial charge in [0.05, 0.1) is 11.6 Å². The van der Waals surface area contributed by atoms with Crippen molar-refractivity contribution in [2.45, 2.75) is 12.5 Å². The fourth-order valence-electron chi connectivity index (χ4n) is 3.58. The summed E-state index contributed by atoms with van der Waals surface area (Å²) in [6.45, 7) is 5.16. The molecule has 0 spiro atoms. The van der Waals surface area contributed by atoms with E-state index in [9.17, 15) is 14.7 Å². The van der Waals surface area contributed by atoms with Crippen LogP contribution in [0.25, 0.3) is 5.76 Å². The number of aromatic nitrogens is 1. The first-order valence-electron chi connectivity index (χ1n) is 10.1. The van der Waals surface area contributed by atoms with Crippen LogP contribution in [0.5, 0.6) is 5.75 Å². The average molecular weight is 421 g/mol. The van der Waals surface area contributed by atoms with Crippen LogP contribution < -0.4 is 4.74 Å². The maximum atomic E-state index is 12.9. The highest BCUT2D eigenvalue weighted by atomic mass is 16.5. The molecule has 7 heteroatoms. The van der Waals surface area contributed by atoms with E-state index in [1.165, 1.54) is 4.90 Å². The second-order valence-electron chi connectivity index (χ2n) is 7.55. The molecule has 0 aliphatic carbocycles. The van der Waals surface area contributed by atoms with Crippen molar-refractivity contribution in [3.8, 4) is 5.75 Å². The van der Waals surface area contributed by atoms with E-state index in [1.54, 1.807) is 54.9 Å². The molecule has 1 aliphatic rings. The lowest BCUT2D eigenvalue weighted by atomic mass is 9.96. The van der Waals surface area contributed by atoms with Gasteiger partial charge in [0.1, 0.15) is 18.1 Å². The smallest absolute Gasteiger partial charge is 0.295 e. The first-order valence-corrected chi connectivity index (χ1v) is 10.1. The van der Waals surface area contributed by atoms with Crippen molar-refractivity contribution in [3.63, 3.8) is 0 Å². The van der Waals surface area contributed by atoms with Crippen LogP contribution in [0.1, 0.15) is 23.6 Å². The average Bonchev–Trinajstić information content (AvgIpc) is 3.03. The van der Waals surface area contributed by atoms with Gasteiger partial charge < -0.3 is 19.6 Å². The molecule has 1 saturated heterocycles. The van der Waals surface area contributed by atoms with Gasteiger partial charge in [-0.25, -0.2) is 0 Å². The van der Waals surface area contributed by atoms with Gasteiger partial charge >= 0.3 is 0 Å². The van der Waals surface area contributed by atoms with Crippen LogP contribution in [0.15, 0.2) is 67.0 Å². The number of hydrogen-bond acceptors (Lipinski definition) is 6. The maximum absolute atomic E-state index is 12.9. The van der Waals surface area contributed by atoms with E-state index >= 15 is 0 Å². The van der Waals surface area contributed by atoms with Crippen LogP contribution in [-0.4, -0.2) is 65.4 Å². The first-order chi connectivity index (χ1) is 14.9. The van der Waals surface area contributed by atoms with E-state index in [0.29, 0.717) is 30.9 Å². The molecule has 1 fully saturated rings. The number of likely N-dealkylation sites (tertiary alicyclic amines) is 1. The number of hydrogen-bond donors (Lipinski definition) is 1. The molecule has 3 rings (SSSR count). The highest BCUT2D eigenvalue weighted by molar-refractivity contribution is 6.46. The van der Waals surface area contributed by atoms with Gasteiger partial charge in [-0.05, 0) is 69.0 Å². The molecule has 162 valence electrons. The Morgan fingerprint density at radius 1 is 1.19 bits per heavy atom. The zero-order valence-corrected chi connectivity index (χ0v) is 17.8. The Hall–Kier alpha value is -3.45. The second-order valence-corrected chi connectivity index (χ2v) is 7.55. The number of rotatable bonds is 9. The van der Waals surface area contributed by atoms with E-state index in [-0.39, 0.29) is 11.3 Å². The van der Waals surface area contributed by atoms with Crippen LogP contribution in [-0.2, 0) is 9.59 Å². The lowest BCUT2D eigenvalue weighted by molar-refractivity contribution is -0.139. The van der Waals surface area contributed by atoms with Gasteiger partial charge in [-0.15, -0.1) is 0 Å². The lowest BCUT2D eigenvalue weighted by Gasteiger charge is -2.25. The SMILES string of the molecule is C=CCOc1ccc(C(O)=C2C(=O)C(=O)N(CCCN(C)C)[C@@H]2c2ccncc2)cc1. The Balaban J connectivity index is 2.00. The molecule has 0 bridgehead atoms. The number of nitrogens with zero attached hydrogens (tertiary/aromatic N) is 3. The van der Waals surface area contributed by atoms with Crippen molar-refractivity contribution >= 4 is 17.4 Å². The number of benzene rings is 1. The van der Waals surface area contributed by atoms with Gasteiger partial charge in [-0.2, -0.15) is 0 Å². The molecular weight excluding hydrogens is 394 g/mol. The molecule has 7 nitrogen and oxygen atoms in total. The standard InChI is InChI=1S/C24H27N3O4/c1-4-16-31-19-8-6-18(7-9-19)22(28)20-21(17-10-12-25-13-11-17)27(24(30)23(20)29)15-5-14-26(2)3/h4,6-13,21,28H,1,5,14-16H2,2-3H3/t21-/m1/s1. The van der Waals surface area contributed by atoms with Gasteiger partial charge in [-0.1, -0.05) is 12.7 Å². The van der Waals surface area contributed by atoms with Gasteiger partial charge in [-0.3, -0.25) is 14.6 Å². The second kappa shape index (κ2) is 10.0. The molecule has 0 saturated carbocycles. The minimum Gasteiger partial charge on any atom is -0.507 e. The van der Waals surface area contributed by atoms with Crippen LogP contribution in [0.2, 0.25) is 0 Å². The molecule has 0 radical (unpaired) electrons. The maximum Gasteiger partial charge on any atom is 0.295 e. The summed E-state index contributed by atoms with van der Waals surface area (Å²) >= 11 is 0. The number of pyridine rings is 1. The largest absolute Gasteiger partial charge is 0.507 e. The molecule has 1 aromatic carbocycles. The minimum atomic E-state index is -0.684. The van der Waals surface area contributed by atoms with Crippen molar-refractivity contribution in [1.82, 2.24) is 14.8 Å². The number of Topliss-reactive ketones (excluding diaryl/α,β-unsaturated/α-hetero) is 1. The lowest BCUT2D eigenvalue weighted by Crippen LogP contribution is -2.32. The van der Waals surface area contributed by atoms with Crippen LogP contribution in [0.3, 0.4) is 0 Å². The number of ketones is 1. The number of amides is 1. The predicted molar refractivity (Wildman–Crippen MR) is 119 cm³/mol. The van der Waals surface area contributed by atoms with E-state index in [1.807, 2.05) is 19.0 Å². The Morgan fingerprint density at radius 2 is 1.87 bits per heavy atom. The van der Waals surface area contributed by atoms with Crippen molar-refractivity contribution in [1.29, 1.82) is 0 Å². The summed E-state index contributed by atoms with van der Waals surface area (Å²) in [4.78, 5) is 33.4. The van der Waals surface area contributed by atoms with E-state index in [4.69, 9.17) is 4.74 Å². The highest BCUT2D eigenvalue weighted by Gasteiger charge is 2.45. The molecule has 31 heavy (non-hydrogen) atoms. The van der Waals surface area contributed by atoms with Crippen LogP contribution in [0.4, 0.5) is 0 Å². The summed E-state index contributed by atoms with van der Waals surface area (Å²) in [5.74, 6) is -0.874. The summed E-state index contributed by atoms with van der Waals surface area (Å²) in [5, 5.41) is 11.0. The van der Waals surface area contributed by atoms with Crippen molar-refractivity contribution < 1.29 is 19.4 Å². The third-order valence-corrected chi connectivity index (χ3v) is 5.06. The summed E-state index contributed by atoms with van der Waals surface area (Å²) in [5.41, 5.74) is 1.25. The quantitative estimate of drug-likeness (QED) is 0.290. The molecule has 2 aromatic rings. The fraction of sp³-hybridized carbons (Fsp3) is 0.292. The van der Waals surface area contributed by atoms with Gasteiger partial charge in [0.2, 0.25) is 0 Å². The summed E-state index contributed by atoms with van der Waals surface area (Å²) < 4.78 is 5.47. The number of aliphatic hydroxyl groups excluding tert-OH is 1. The third kappa shape index (κ3) is 5.00. The number of ether oxygens (including phenoxy) is 1. The van der Waals surface area contributed by atoms with Gasteiger partial charge in [0.25, 0.3) is 11.7 Å². The number of carbonyl (C=O) groups excluding carboxylic acids is 2. The number of carbonyl (C=O) groups is 2. The summed E-state index contributed by atoms with van der Waals surface area (Å²) in [7, 11) is 3.91. The Kier molecular flexibility index (Phi) is 7.20. The van der Waals surface area contributed by atoms with Gasteiger partial charge in [0, 0.05) is 24.5 Å². The summed E-state index contributed by atoms with van der Waals surface area (Å²) in [6.07, 6.45) is 5.57. The fourth-order valence-corrected chi connectivity index (χ4v) is 3.58. The molecule has 2 heterocycles. The first kappa shape index (κ1) is 22.2. The topological polar surface area (TPSA) is 83.0 Å². The van der Waals surface area contributed by atoms with Crippen molar-refractivity contribution in [3.05, 3.63) is 78.1 Å². The van der Waals surface area contributed by atoms with E-state index < -0.39 is 17.7 Å². The minimum absolute atomic E-state index is 0.0841. The summed E-state index contributed by atoms with van der Waals surface area (Å²) in [6, 6.07) is 9.58. The van der Waals surface area contributed by atoms with Crippen molar-refractivity contribution in [2.75, 3.05) is 33.8 Å². The number of aliphatic hydroxyl groups is 1. The van der Waals surface area contributed by atoms with Crippen LogP contribution in [0, 0.1) is 0 Å². The Morgan fingerprint density at radius 3 is 2.48 bits per heavy atom. The van der Waals surface area contributed by atoms with Crippen molar-refractivity contribution in [2.24, 2.45) is 0 Å². The molecular formula is C24H27N3O4. The molecule has 1 atom stereocenters. The zero-order valence-electron chi connectivity index (χ0n) is 17.8. The molecule has 1 aliphatic heterocycles. The zero-order chi connectivity index (χ0) is 22.4. The Labute approximate surface area is 182 Å². The highest BCUT2D eigenvalue weighted by Crippen LogP contribution is 2.39. The molecule has 1 aromatic heterocycles. The molecule has 1 N–H and O–H groups in total. The van der Waals surface area contributed by atoms with E-state index in [0.717, 1.165) is 12.1 Å².